The molecule has 5 heteroatoms. The van der Waals surface area contributed by atoms with Gasteiger partial charge in [-0.25, -0.2) is 0 Å². The average molecular weight is 352 g/mol. The Kier molecular flexibility index (Phi) is 3.76. The topological polar surface area (TPSA) is 55.1 Å². The molecule has 0 bridgehead atoms. The monoisotopic (exact) mass is 352 g/mol. The summed E-state index contributed by atoms with van der Waals surface area (Å²) in [7, 11) is 0. The van der Waals surface area contributed by atoms with Gasteiger partial charge in [0.2, 0.25) is 5.91 Å². The molecule has 1 aliphatic carbocycles. The molecule has 0 unspecified atom stereocenters. The van der Waals surface area contributed by atoms with Gasteiger partial charge in [0.1, 0.15) is 0 Å². The molecule has 4 nitrogen and oxygen atoms in total. The molecule has 3 aromatic rings. The Labute approximate surface area is 150 Å². The maximum Gasteiger partial charge on any atom is 0.236 e. The summed E-state index contributed by atoms with van der Waals surface area (Å²) in [5, 5.41) is 9.33. The Balaban J connectivity index is 1.60. The Morgan fingerprint density at radius 1 is 1.20 bits per heavy atom. The summed E-state index contributed by atoms with van der Waals surface area (Å²) in [5.41, 5.74) is 4.45. The van der Waals surface area contributed by atoms with E-state index in [0.29, 0.717) is 0 Å². The number of benzene rings is 1. The lowest BCUT2D eigenvalue weighted by molar-refractivity contribution is -0.118. The Morgan fingerprint density at radius 2 is 1.92 bits per heavy atom. The van der Waals surface area contributed by atoms with Gasteiger partial charge in [-0.3, -0.25) is 4.79 Å². The Bertz CT molecular complexity index is 914. The second-order valence-corrected chi connectivity index (χ2v) is 7.81. The molecule has 0 spiro atoms. The van der Waals surface area contributed by atoms with E-state index in [0.717, 1.165) is 46.0 Å². The van der Waals surface area contributed by atoms with Crippen molar-refractivity contribution in [1.29, 1.82) is 0 Å². The molecular formula is C20H20N2O2S. The molecule has 1 amide bonds. The highest BCUT2D eigenvalue weighted by Crippen LogP contribution is 2.49. The Hall–Kier alpha value is -2.40. The van der Waals surface area contributed by atoms with Crippen LogP contribution in [0.1, 0.15) is 35.2 Å². The SMILES string of the molecule is Cc1cc(C)c(NC(=O)C2(c3cc(-c4cccs4)on3)CC2)c(C)c1. The van der Waals surface area contributed by atoms with Crippen LogP contribution in [0.15, 0.2) is 40.2 Å². The molecule has 1 aromatic carbocycles. The van der Waals surface area contributed by atoms with E-state index in [9.17, 15) is 4.79 Å². The molecule has 2 heterocycles. The number of hydrogen-bond acceptors (Lipinski definition) is 4. The number of nitrogens with one attached hydrogen (secondary N) is 1. The van der Waals surface area contributed by atoms with Crippen LogP contribution in [0.2, 0.25) is 0 Å². The van der Waals surface area contributed by atoms with Gasteiger partial charge >= 0.3 is 0 Å². The van der Waals surface area contributed by atoms with Crippen molar-refractivity contribution in [3.05, 3.63) is 58.1 Å². The molecule has 0 atom stereocenters. The van der Waals surface area contributed by atoms with E-state index in [-0.39, 0.29) is 5.91 Å². The molecule has 4 rings (SSSR count). The normalized spacial score (nSPS) is 15.2. The van der Waals surface area contributed by atoms with Crippen molar-refractivity contribution >= 4 is 22.9 Å². The molecule has 128 valence electrons. The van der Waals surface area contributed by atoms with Crippen LogP contribution in [-0.2, 0) is 10.2 Å². The second-order valence-electron chi connectivity index (χ2n) is 6.86. The molecule has 25 heavy (non-hydrogen) atoms. The molecular weight excluding hydrogens is 332 g/mol. The zero-order chi connectivity index (χ0) is 17.6. The summed E-state index contributed by atoms with van der Waals surface area (Å²) in [6.07, 6.45) is 1.61. The van der Waals surface area contributed by atoms with E-state index in [1.165, 1.54) is 5.56 Å². The first-order valence-corrected chi connectivity index (χ1v) is 9.28. The number of carbonyl (C=O) groups is 1. The fourth-order valence-electron chi connectivity index (χ4n) is 3.37. The third kappa shape index (κ3) is 2.78. The van der Waals surface area contributed by atoms with E-state index in [1.807, 2.05) is 37.4 Å². The largest absolute Gasteiger partial charge is 0.355 e. The fraction of sp³-hybridized carbons (Fsp3) is 0.300. The number of hydrogen-bond donors (Lipinski definition) is 1. The molecule has 1 N–H and O–H groups in total. The van der Waals surface area contributed by atoms with E-state index in [2.05, 4.69) is 29.5 Å². The molecule has 0 aliphatic heterocycles. The number of nitrogens with zero attached hydrogens (tertiary/aromatic N) is 1. The maximum absolute atomic E-state index is 13.0. The van der Waals surface area contributed by atoms with Crippen molar-refractivity contribution in [2.45, 2.75) is 39.0 Å². The van der Waals surface area contributed by atoms with Crippen LogP contribution in [0.25, 0.3) is 10.6 Å². The van der Waals surface area contributed by atoms with Gasteiger partial charge in [-0.15, -0.1) is 11.3 Å². The lowest BCUT2D eigenvalue weighted by Crippen LogP contribution is -2.28. The zero-order valence-electron chi connectivity index (χ0n) is 14.6. The maximum atomic E-state index is 13.0. The highest BCUT2D eigenvalue weighted by molar-refractivity contribution is 7.13. The Morgan fingerprint density at radius 3 is 2.52 bits per heavy atom. The van der Waals surface area contributed by atoms with Crippen molar-refractivity contribution in [1.82, 2.24) is 5.16 Å². The fourth-order valence-corrected chi connectivity index (χ4v) is 4.04. The molecule has 2 aromatic heterocycles. The van der Waals surface area contributed by atoms with Gasteiger partial charge in [-0.1, -0.05) is 28.9 Å². The van der Waals surface area contributed by atoms with Crippen LogP contribution in [-0.4, -0.2) is 11.1 Å². The van der Waals surface area contributed by atoms with Crippen LogP contribution in [0.4, 0.5) is 5.69 Å². The number of aromatic nitrogens is 1. The second kappa shape index (κ2) is 5.85. The first kappa shape index (κ1) is 16.1. The summed E-state index contributed by atoms with van der Waals surface area (Å²) >= 11 is 1.60. The number of rotatable bonds is 4. The van der Waals surface area contributed by atoms with Crippen molar-refractivity contribution < 1.29 is 9.32 Å². The lowest BCUT2D eigenvalue weighted by Gasteiger charge is -2.16. The highest BCUT2D eigenvalue weighted by Gasteiger charge is 2.54. The van der Waals surface area contributed by atoms with Crippen LogP contribution < -0.4 is 5.32 Å². The van der Waals surface area contributed by atoms with Gasteiger partial charge in [-0.05, 0) is 56.2 Å². The van der Waals surface area contributed by atoms with Gasteiger partial charge in [-0.2, -0.15) is 0 Å². The van der Waals surface area contributed by atoms with E-state index in [4.69, 9.17) is 4.52 Å². The van der Waals surface area contributed by atoms with Crippen LogP contribution in [0.5, 0.6) is 0 Å². The van der Waals surface area contributed by atoms with Crippen molar-refractivity contribution in [2.75, 3.05) is 5.32 Å². The smallest absolute Gasteiger partial charge is 0.236 e. The molecule has 1 fully saturated rings. The van der Waals surface area contributed by atoms with E-state index < -0.39 is 5.41 Å². The number of thiophene rings is 1. The average Bonchev–Trinajstić information content (AvgIpc) is 2.99. The first-order valence-electron chi connectivity index (χ1n) is 8.40. The summed E-state index contributed by atoms with van der Waals surface area (Å²) in [6.45, 7) is 6.12. The van der Waals surface area contributed by atoms with Crippen LogP contribution in [0.3, 0.4) is 0 Å². The number of carbonyl (C=O) groups excluding carboxylic acids is 1. The molecule has 0 radical (unpaired) electrons. The lowest BCUT2D eigenvalue weighted by atomic mass is 9.99. The number of amides is 1. The number of anilines is 1. The van der Waals surface area contributed by atoms with Crippen molar-refractivity contribution in [3.8, 4) is 10.6 Å². The predicted molar refractivity (Wildman–Crippen MR) is 100 cm³/mol. The highest BCUT2D eigenvalue weighted by atomic mass is 32.1. The summed E-state index contributed by atoms with van der Waals surface area (Å²) in [6, 6.07) is 10.1. The summed E-state index contributed by atoms with van der Waals surface area (Å²) in [4.78, 5) is 14.0. The minimum Gasteiger partial charge on any atom is -0.355 e. The van der Waals surface area contributed by atoms with Gasteiger partial charge in [0, 0.05) is 11.8 Å². The summed E-state index contributed by atoms with van der Waals surface area (Å²) in [5.74, 6) is 0.736. The third-order valence-corrected chi connectivity index (χ3v) is 5.75. The van der Waals surface area contributed by atoms with Crippen LogP contribution >= 0.6 is 11.3 Å². The zero-order valence-corrected chi connectivity index (χ0v) is 15.4. The third-order valence-electron chi connectivity index (χ3n) is 4.86. The minimum atomic E-state index is -0.553. The van der Waals surface area contributed by atoms with Crippen molar-refractivity contribution in [2.24, 2.45) is 0 Å². The van der Waals surface area contributed by atoms with Gasteiger partial charge in [0.05, 0.1) is 16.0 Å². The van der Waals surface area contributed by atoms with Gasteiger partial charge in [0.15, 0.2) is 5.76 Å². The van der Waals surface area contributed by atoms with Gasteiger partial charge in [0.25, 0.3) is 0 Å². The van der Waals surface area contributed by atoms with Crippen molar-refractivity contribution in [3.63, 3.8) is 0 Å². The van der Waals surface area contributed by atoms with E-state index >= 15 is 0 Å². The van der Waals surface area contributed by atoms with Crippen LogP contribution in [0, 0.1) is 20.8 Å². The molecule has 1 aliphatic rings. The quantitative estimate of drug-likeness (QED) is 0.719. The molecule has 1 saturated carbocycles. The van der Waals surface area contributed by atoms with Gasteiger partial charge < -0.3 is 9.84 Å². The molecule has 0 saturated heterocycles. The predicted octanol–water partition coefficient (Wildman–Crippen LogP) is 5.00. The first-order chi connectivity index (χ1) is 12.0. The standard InChI is InChI=1S/C20H20N2O2S/c1-12-9-13(2)18(14(3)10-12)21-19(23)20(6-7-20)17-11-15(24-22-17)16-5-4-8-25-16/h4-5,8-11H,6-7H2,1-3H3,(H,21,23). The number of aryl methyl sites for hydroxylation is 3. The minimum absolute atomic E-state index is 0.00795. The van der Waals surface area contributed by atoms with E-state index in [1.54, 1.807) is 11.3 Å². The summed E-state index contributed by atoms with van der Waals surface area (Å²) < 4.78 is 5.48.